The Bertz CT molecular complexity index is 522. The third-order valence-electron chi connectivity index (χ3n) is 2.22. The Labute approximate surface area is 102 Å². The SMILES string of the molecule is Cc1nc(CNc2ccc([N+](=O)[O-])cc2)cs1. The number of hydrogen-bond donors (Lipinski definition) is 1. The highest BCUT2D eigenvalue weighted by Gasteiger charge is 2.04. The lowest BCUT2D eigenvalue weighted by Gasteiger charge is -2.03. The first-order valence-corrected chi connectivity index (χ1v) is 5.92. The molecule has 5 nitrogen and oxygen atoms in total. The van der Waals surface area contributed by atoms with Crippen LogP contribution in [0.4, 0.5) is 11.4 Å². The topological polar surface area (TPSA) is 68.1 Å². The van der Waals surface area contributed by atoms with Crippen LogP contribution in [0.2, 0.25) is 0 Å². The maximum Gasteiger partial charge on any atom is 0.269 e. The van der Waals surface area contributed by atoms with E-state index in [0.29, 0.717) is 6.54 Å². The Morgan fingerprint density at radius 3 is 2.65 bits per heavy atom. The number of thiazole rings is 1. The van der Waals surface area contributed by atoms with E-state index < -0.39 is 4.92 Å². The van der Waals surface area contributed by atoms with Crippen LogP contribution in [0.25, 0.3) is 0 Å². The van der Waals surface area contributed by atoms with Gasteiger partial charge in [-0.2, -0.15) is 0 Å². The van der Waals surface area contributed by atoms with E-state index in [2.05, 4.69) is 10.3 Å². The zero-order valence-electron chi connectivity index (χ0n) is 9.21. The van der Waals surface area contributed by atoms with E-state index >= 15 is 0 Å². The standard InChI is InChI=1S/C11H11N3O2S/c1-8-13-10(7-17-8)6-12-9-2-4-11(5-3-9)14(15)16/h2-5,7,12H,6H2,1H3. The molecule has 6 heteroatoms. The van der Waals surface area contributed by atoms with Crippen LogP contribution in [0.15, 0.2) is 29.6 Å². The average Bonchev–Trinajstić information content (AvgIpc) is 2.73. The number of non-ortho nitro benzene ring substituents is 1. The van der Waals surface area contributed by atoms with Crippen LogP contribution in [0.5, 0.6) is 0 Å². The van der Waals surface area contributed by atoms with E-state index in [4.69, 9.17) is 0 Å². The molecule has 0 atom stereocenters. The molecule has 1 aromatic carbocycles. The Balaban J connectivity index is 1.97. The number of nitro benzene ring substituents is 1. The van der Waals surface area contributed by atoms with E-state index in [-0.39, 0.29) is 5.69 Å². The van der Waals surface area contributed by atoms with Crippen molar-refractivity contribution in [2.75, 3.05) is 5.32 Å². The monoisotopic (exact) mass is 249 g/mol. The number of nitrogens with one attached hydrogen (secondary N) is 1. The van der Waals surface area contributed by atoms with Crippen molar-refractivity contribution >= 4 is 22.7 Å². The van der Waals surface area contributed by atoms with Crippen molar-refractivity contribution in [3.63, 3.8) is 0 Å². The van der Waals surface area contributed by atoms with Gasteiger partial charge in [-0.15, -0.1) is 11.3 Å². The highest BCUT2D eigenvalue weighted by Crippen LogP contribution is 2.16. The molecule has 0 saturated carbocycles. The third kappa shape index (κ3) is 3.01. The molecule has 0 radical (unpaired) electrons. The second kappa shape index (κ2) is 4.92. The van der Waals surface area contributed by atoms with Crippen LogP contribution in [0.3, 0.4) is 0 Å². The molecule has 1 aromatic heterocycles. The third-order valence-corrected chi connectivity index (χ3v) is 3.04. The van der Waals surface area contributed by atoms with Gasteiger partial charge in [0.05, 0.1) is 22.2 Å². The first-order chi connectivity index (χ1) is 8.15. The molecule has 0 amide bonds. The van der Waals surface area contributed by atoms with Gasteiger partial charge in [0.2, 0.25) is 0 Å². The van der Waals surface area contributed by atoms with Crippen molar-refractivity contribution in [2.45, 2.75) is 13.5 Å². The summed E-state index contributed by atoms with van der Waals surface area (Å²) in [4.78, 5) is 14.4. The molecule has 0 bridgehead atoms. The molecule has 17 heavy (non-hydrogen) atoms. The Morgan fingerprint density at radius 2 is 2.12 bits per heavy atom. The summed E-state index contributed by atoms with van der Waals surface area (Å²) in [6, 6.07) is 6.35. The summed E-state index contributed by atoms with van der Waals surface area (Å²) in [6.07, 6.45) is 0. The second-order valence-corrected chi connectivity index (χ2v) is 4.58. The number of aromatic nitrogens is 1. The minimum absolute atomic E-state index is 0.0973. The summed E-state index contributed by atoms with van der Waals surface area (Å²) in [5.41, 5.74) is 1.92. The van der Waals surface area contributed by atoms with Gasteiger partial charge in [0, 0.05) is 23.2 Å². The van der Waals surface area contributed by atoms with Gasteiger partial charge in [0.15, 0.2) is 0 Å². The van der Waals surface area contributed by atoms with E-state index in [1.54, 1.807) is 23.5 Å². The van der Waals surface area contributed by atoms with Crippen molar-refractivity contribution < 1.29 is 4.92 Å². The van der Waals surface area contributed by atoms with Gasteiger partial charge in [-0.05, 0) is 19.1 Å². The zero-order valence-corrected chi connectivity index (χ0v) is 10.0. The number of nitro groups is 1. The normalized spacial score (nSPS) is 10.2. The van der Waals surface area contributed by atoms with E-state index in [0.717, 1.165) is 16.4 Å². The fourth-order valence-corrected chi connectivity index (χ4v) is 2.00. The van der Waals surface area contributed by atoms with Crippen LogP contribution in [-0.2, 0) is 6.54 Å². The molecule has 88 valence electrons. The molecular weight excluding hydrogens is 238 g/mol. The predicted molar refractivity (Wildman–Crippen MR) is 67.3 cm³/mol. The fourth-order valence-electron chi connectivity index (χ4n) is 1.38. The second-order valence-electron chi connectivity index (χ2n) is 3.52. The highest BCUT2D eigenvalue weighted by molar-refractivity contribution is 7.09. The number of nitrogens with zero attached hydrogens (tertiary/aromatic N) is 2. The van der Waals surface area contributed by atoms with Crippen molar-refractivity contribution in [2.24, 2.45) is 0 Å². The van der Waals surface area contributed by atoms with Crippen molar-refractivity contribution in [3.8, 4) is 0 Å². The molecule has 2 rings (SSSR count). The molecule has 2 aromatic rings. The van der Waals surface area contributed by atoms with Crippen LogP contribution in [0.1, 0.15) is 10.7 Å². The highest BCUT2D eigenvalue weighted by atomic mass is 32.1. The Morgan fingerprint density at radius 1 is 1.41 bits per heavy atom. The lowest BCUT2D eigenvalue weighted by atomic mass is 10.3. The minimum Gasteiger partial charge on any atom is -0.379 e. The van der Waals surface area contributed by atoms with E-state index in [1.165, 1.54) is 12.1 Å². The lowest BCUT2D eigenvalue weighted by molar-refractivity contribution is -0.384. The van der Waals surface area contributed by atoms with Gasteiger partial charge in [0.25, 0.3) is 5.69 Å². The van der Waals surface area contributed by atoms with Gasteiger partial charge in [-0.1, -0.05) is 0 Å². The molecular formula is C11H11N3O2S. The summed E-state index contributed by atoms with van der Waals surface area (Å²) in [5.74, 6) is 0. The first-order valence-electron chi connectivity index (χ1n) is 5.04. The molecule has 0 unspecified atom stereocenters. The van der Waals surface area contributed by atoms with Gasteiger partial charge in [0.1, 0.15) is 0 Å². The Kier molecular flexibility index (Phi) is 3.34. The molecule has 0 spiro atoms. The fraction of sp³-hybridized carbons (Fsp3) is 0.182. The smallest absolute Gasteiger partial charge is 0.269 e. The summed E-state index contributed by atoms with van der Waals surface area (Å²) < 4.78 is 0. The van der Waals surface area contributed by atoms with Crippen LogP contribution >= 0.6 is 11.3 Å². The van der Waals surface area contributed by atoms with Crippen molar-refractivity contribution in [3.05, 3.63) is 50.5 Å². The van der Waals surface area contributed by atoms with Crippen LogP contribution in [0, 0.1) is 17.0 Å². The largest absolute Gasteiger partial charge is 0.379 e. The molecule has 1 N–H and O–H groups in total. The van der Waals surface area contributed by atoms with Crippen LogP contribution in [-0.4, -0.2) is 9.91 Å². The molecule has 0 aliphatic heterocycles. The average molecular weight is 249 g/mol. The first kappa shape index (κ1) is 11.5. The van der Waals surface area contributed by atoms with Crippen LogP contribution < -0.4 is 5.32 Å². The van der Waals surface area contributed by atoms with Crippen molar-refractivity contribution in [1.82, 2.24) is 4.98 Å². The summed E-state index contributed by atoms with van der Waals surface area (Å²) >= 11 is 1.61. The number of hydrogen-bond acceptors (Lipinski definition) is 5. The zero-order chi connectivity index (χ0) is 12.3. The number of rotatable bonds is 4. The van der Waals surface area contributed by atoms with Gasteiger partial charge in [-0.25, -0.2) is 4.98 Å². The quantitative estimate of drug-likeness (QED) is 0.668. The molecule has 0 fully saturated rings. The minimum atomic E-state index is -0.409. The van der Waals surface area contributed by atoms with Crippen molar-refractivity contribution in [1.29, 1.82) is 0 Å². The van der Waals surface area contributed by atoms with Gasteiger partial charge in [-0.3, -0.25) is 10.1 Å². The summed E-state index contributed by atoms with van der Waals surface area (Å²) in [5, 5.41) is 16.7. The molecule has 0 aliphatic rings. The predicted octanol–water partition coefficient (Wildman–Crippen LogP) is 2.97. The van der Waals surface area contributed by atoms with Gasteiger partial charge < -0.3 is 5.32 Å². The van der Waals surface area contributed by atoms with Gasteiger partial charge >= 0.3 is 0 Å². The lowest BCUT2D eigenvalue weighted by Crippen LogP contribution is -1.99. The Hall–Kier alpha value is -1.95. The maximum atomic E-state index is 10.5. The summed E-state index contributed by atoms with van der Waals surface area (Å²) in [6.45, 7) is 2.59. The van der Waals surface area contributed by atoms with E-state index in [1.807, 2.05) is 12.3 Å². The summed E-state index contributed by atoms with van der Waals surface area (Å²) in [7, 11) is 0. The number of benzene rings is 1. The molecule has 0 saturated heterocycles. The number of anilines is 1. The maximum absolute atomic E-state index is 10.5. The van der Waals surface area contributed by atoms with E-state index in [9.17, 15) is 10.1 Å². The number of aryl methyl sites for hydroxylation is 1. The molecule has 1 heterocycles. The molecule has 0 aliphatic carbocycles.